The summed E-state index contributed by atoms with van der Waals surface area (Å²) < 4.78 is 80.1. The number of aromatic nitrogens is 7. The number of H-pyrrole nitrogens is 1. The van der Waals surface area contributed by atoms with Crippen LogP contribution in [0.1, 0.15) is 12.5 Å². The molecular formula is C21H22F2N8Na2O10P2S2. The Labute approximate surface area is 316 Å². The van der Waals surface area contributed by atoms with E-state index in [1.807, 2.05) is 0 Å². The van der Waals surface area contributed by atoms with Gasteiger partial charge in [-0.3, -0.25) is 22.9 Å². The van der Waals surface area contributed by atoms with E-state index in [9.17, 15) is 23.7 Å². The van der Waals surface area contributed by atoms with E-state index in [4.69, 9.17) is 45.1 Å². The predicted molar refractivity (Wildman–Crippen MR) is 165 cm³/mol. The zero-order chi connectivity index (χ0) is 31.8. The first kappa shape index (κ1) is 37.8. The maximum absolute atomic E-state index is 16.0. The molecule has 0 spiro atoms. The molecule has 0 aromatic carbocycles. The van der Waals surface area contributed by atoms with Crippen molar-refractivity contribution >= 4 is 125 Å². The van der Waals surface area contributed by atoms with Gasteiger partial charge in [0.15, 0.2) is 41.6 Å². The van der Waals surface area contributed by atoms with Crippen molar-refractivity contribution < 1.29 is 50.9 Å². The smallest absolute Gasteiger partial charge is 0.386 e. The molecule has 47 heavy (non-hydrogen) atoms. The Balaban J connectivity index is 0.00000217. The Morgan fingerprint density at radius 2 is 1.77 bits per heavy atom. The molecule has 7 heterocycles. The largest absolute Gasteiger partial charge is 0.387 e. The van der Waals surface area contributed by atoms with E-state index in [0.29, 0.717) is 0 Å². The Kier molecular flexibility index (Phi) is 11.5. The second-order valence-electron chi connectivity index (χ2n) is 10.1. The average Bonchev–Trinajstić information content (AvgIpc) is 3.71. The maximum atomic E-state index is 16.0. The van der Waals surface area contributed by atoms with Crippen molar-refractivity contribution in [3.63, 3.8) is 0 Å². The second-order valence-corrected chi connectivity index (χ2v) is 15.8. The number of nitrogen functional groups attached to an aromatic ring is 1. The number of nitrogens with zero attached hydrogens (tertiary/aromatic N) is 6. The van der Waals surface area contributed by atoms with Crippen molar-refractivity contribution in [3.8, 4) is 0 Å². The average molecular weight is 757 g/mol. The molecule has 3 saturated heterocycles. The summed E-state index contributed by atoms with van der Waals surface area (Å²) in [6, 6.07) is 0. The number of nitrogens with two attached hydrogens (primary N) is 1. The number of aliphatic hydroxyl groups is 1. The van der Waals surface area contributed by atoms with E-state index in [2.05, 4.69) is 37.2 Å². The number of nitrogens with one attached hydrogen (secondary N) is 1. The van der Waals surface area contributed by atoms with Gasteiger partial charge in [-0.05, 0) is 11.8 Å². The van der Waals surface area contributed by atoms with Crippen LogP contribution >= 0.6 is 25.8 Å². The first-order chi connectivity index (χ1) is 21.3. The van der Waals surface area contributed by atoms with Crippen LogP contribution in [0.4, 0.5) is 14.6 Å². The minimum Gasteiger partial charge on any atom is -0.387 e. The van der Waals surface area contributed by atoms with Crippen LogP contribution in [0.3, 0.4) is 0 Å². The molecule has 5 N–H and O–H groups in total. The van der Waals surface area contributed by atoms with Crippen LogP contribution in [0.5, 0.6) is 0 Å². The van der Waals surface area contributed by atoms with Crippen LogP contribution in [0, 0.1) is 5.82 Å². The maximum Gasteiger partial charge on any atom is 0.386 e. The van der Waals surface area contributed by atoms with Gasteiger partial charge in [-0.2, -0.15) is 0 Å². The van der Waals surface area contributed by atoms with E-state index in [-0.39, 0.29) is 81.7 Å². The number of aliphatic hydroxyl groups excluding tert-OH is 1. The molecule has 0 amide bonds. The van der Waals surface area contributed by atoms with Crippen molar-refractivity contribution in [2.45, 2.75) is 49.1 Å². The number of aromatic amines is 1. The second kappa shape index (κ2) is 14.3. The number of alkyl halides is 1. The first-order valence-electron chi connectivity index (χ1n) is 12.9. The summed E-state index contributed by atoms with van der Waals surface area (Å²) in [5.74, 6) is -0.922. The van der Waals surface area contributed by atoms with E-state index < -0.39 is 92.6 Å². The summed E-state index contributed by atoms with van der Waals surface area (Å²) in [6.07, 6.45) is -8.28. The number of thiol groups is 1. The Morgan fingerprint density at radius 3 is 2.53 bits per heavy atom. The van der Waals surface area contributed by atoms with E-state index >= 15 is 4.39 Å². The Hall–Kier alpha value is -0.460. The summed E-state index contributed by atoms with van der Waals surface area (Å²) in [5.41, 5.74) is 5.18. The Morgan fingerprint density at radius 1 is 1.04 bits per heavy atom. The van der Waals surface area contributed by atoms with Gasteiger partial charge in [-0.1, -0.05) is 12.2 Å². The zero-order valence-corrected chi connectivity index (χ0v) is 31.8. The van der Waals surface area contributed by atoms with Crippen LogP contribution < -0.4 is 11.3 Å². The molecule has 18 nitrogen and oxygen atoms in total. The molecule has 4 aromatic rings. The van der Waals surface area contributed by atoms with Crippen molar-refractivity contribution in [2.75, 3.05) is 18.9 Å². The van der Waals surface area contributed by atoms with Crippen molar-refractivity contribution in [1.29, 1.82) is 0 Å². The van der Waals surface area contributed by atoms with Crippen LogP contribution in [0.2, 0.25) is 0 Å². The Bertz CT molecular complexity index is 1960. The molecule has 3 aliphatic heterocycles. The third-order valence-corrected chi connectivity index (χ3v) is 10.6. The van der Waals surface area contributed by atoms with Gasteiger partial charge in [0.2, 0.25) is 0 Å². The molecule has 7 rings (SSSR count). The van der Waals surface area contributed by atoms with Gasteiger partial charge in [0, 0.05) is 65.3 Å². The van der Waals surface area contributed by atoms with Gasteiger partial charge in [0.25, 0.3) is 5.56 Å². The predicted octanol–water partition coefficient (Wildman–Crippen LogP) is 0.0899. The fraction of sp³-hybridized carbons (Fsp3) is 0.476. The molecular weight excluding hydrogens is 734 g/mol. The monoisotopic (exact) mass is 756 g/mol. The summed E-state index contributed by atoms with van der Waals surface area (Å²) in [4.78, 5) is 41.5. The van der Waals surface area contributed by atoms with Gasteiger partial charge in [0.1, 0.15) is 47.8 Å². The minimum atomic E-state index is -4.43. The number of halogens is 2. The van der Waals surface area contributed by atoms with Crippen LogP contribution in [-0.2, 0) is 43.9 Å². The fourth-order valence-corrected chi connectivity index (χ4v) is 8.27. The summed E-state index contributed by atoms with van der Waals surface area (Å²) >= 11 is 9.16. The van der Waals surface area contributed by atoms with Gasteiger partial charge in [-0.15, -0.1) is 0 Å². The van der Waals surface area contributed by atoms with Crippen molar-refractivity contribution in [3.05, 3.63) is 41.3 Å². The summed E-state index contributed by atoms with van der Waals surface area (Å²) in [7, 11) is 0. The SMILES string of the molecule is Nc1ncnc2c1ncn2[C@@H]1O[C@@H]2COP(O)(=S)O[C@@H]3[C@H](O)[C@@H](COP(=O)(S)O[C@H]2[C@H]1F)O[C@H]3n1cc(F)c2c(=O)[nH]cnc21.[Na].[Na]. The molecule has 4 aromatic heterocycles. The van der Waals surface area contributed by atoms with Gasteiger partial charge < -0.3 is 39.3 Å². The third-order valence-electron chi connectivity index (χ3n) is 7.40. The minimum absolute atomic E-state index is 0. The van der Waals surface area contributed by atoms with Gasteiger partial charge in [-0.25, -0.2) is 33.3 Å². The van der Waals surface area contributed by atoms with Gasteiger partial charge >= 0.3 is 13.5 Å². The van der Waals surface area contributed by atoms with E-state index in [1.54, 1.807) is 0 Å². The summed E-state index contributed by atoms with van der Waals surface area (Å²) in [6.45, 7) is -10.1. The quantitative estimate of drug-likeness (QED) is 0.104. The fourth-order valence-electron chi connectivity index (χ4n) is 5.37. The number of imidazole rings is 1. The summed E-state index contributed by atoms with van der Waals surface area (Å²) in [5, 5.41) is 10.7. The molecule has 3 fully saturated rings. The number of hydrogen-bond acceptors (Lipinski definition) is 15. The molecule has 2 bridgehead atoms. The molecule has 244 valence electrons. The number of fused-ring (bicyclic) bond motifs is 5. The number of hydrogen-bond donors (Lipinski definition) is 5. The molecule has 0 saturated carbocycles. The topological polar surface area (TPSA) is 233 Å². The first-order valence-corrected chi connectivity index (χ1v) is 18.2. The molecule has 26 heteroatoms. The third kappa shape index (κ3) is 7.07. The molecule has 0 aliphatic carbocycles. The van der Waals surface area contributed by atoms with E-state index in [1.165, 1.54) is 10.9 Å². The standard InChI is InChI=1S/C21H22F2N8O10P2S2.2Na/c22-7-1-30(17-10(7)19(33)28-5-26-17)21-15-13(32)8(38-21)2-36-42(34,44)40-14-9(3-37-43(35,45)41-15)39-20(11(14)23)31-6-29-12-16(24)25-4-27-18(12)31;;/h1,4-6,8-9,11,13-15,20-21,32H,2-3H2,(H,34,44)(H,35,45)(H2,24,25,27)(H,26,28,33);;/t8-,9-,11-,13-,14-,15-,20-,21-,42?,43?;;/m1../s1. The number of anilines is 1. The van der Waals surface area contributed by atoms with Crippen molar-refractivity contribution in [1.82, 2.24) is 34.1 Å². The van der Waals surface area contributed by atoms with Crippen LogP contribution in [0.15, 0.2) is 30.0 Å². The zero-order valence-electron chi connectivity index (χ0n) is 24.3. The van der Waals surface area contributed by atoms with Gasteiger partial charge in [0.05, 0.1) is 25.9 Å². The molecule has 10 atom stereocenters. The molecule has 2 unspecified atom stereocenters. The van der Waals surface area contributed by atoms with E-state index in [0.717, 1.165) is 23.4 Å². The number of rotatable bonds is 2. The van der Waals surface area contributed by atoms with Crippen molar-refractivity contribution in [2.24, 2.45) is 0 Å². The molecule has 2 radical (unpaired) electrons. The van der Waals surface area contributed by atoms with Crippen LogP contribution in [-0.4, -0.2) is 153 Å². The van der Waals surface area contributed by atoms with Crippen LogP contribution in [0.25, 0.3) is 22.2 Å². The number of ether oxygens (including phenoxy) is 2. The normalized spacial score (nSPS) is 36.1. The molecule has 3 aliphatic rings.